The molecule has 0 unspecified atom stereocenters. The van der Waals surface area contributed by atoms with Crippen LogP contribution in [0.5, 0.6) is 5.75 Å². The van der Waals surface area contributed by atoms with E-state index in [1.54, 1.807) is 7.11 Å². The molecule has 2 rings (SSSR count). The summed E-state index contributed by atoms with van der Waals surface area (Å²) in [7, 11) is 1.69. The van der Waals surface area contributed by atoms with Crippen LogP contribution in [-0.2, 0) is 11.3 Å². The van der Waals surface area contributed by atoms with E-state index in [4.69, 9.17) is 15.5 Å². The van der Waals surface area contributed by atoms with Crippen molar-refractivity contribution < 1.29 is 9.57 Å². The van der Waals surface area contributed by atoms with Crippen LogP contribution in [0.2, 0.25) is 0 Å². The van der Waals surface area contributed by atoms with Gasteiger partial charge in [0.05, 0.1) is 13.7 Å². The molecular formula is C14H22N2O2. The Balaban J connectivity index is 2.20. The molecule has 1 saturated heterocycles. The van der Waals surface area contributed by atoms with Crippen molar-refractivity contribution in [2.24, 2.45) is 5.90 Å². The topological polar surface area (TPSA) is 47.7 Å². The minimum absolute atomic E-state index is 0.536. The van der Waals surface area contributed by atoms with E-state index < -0.39 is 0 Å². The maximum atomic E-state index is 5.29. The van der Waals surface area contributed by atoms with Gasteiger partial charge in [0, 0.05) is 18.8 Å². The average molecular weight is 250 g/mol. The van der Waals surface area contributed by atoms with E-state index in [1.807, 2.05) is 6.07 Å². The van der Waals surface area contributed by atoms with Gasteiger partial charge >= 0.3 is 0 Å². The number of anilines is 1. The van der Waals surface area contributed by atoms with Crippen LogP contribution in [0.25, 0.3) is 0 Å². The second-order valence-electron chi connectivity index (χ2n) is 4.66. The second-order valence-corrected chi connectivity index (χ2v) is 4.66. The lowest BCUT2D eigenvalue weighted by molar-refractivity contribution is 0.141. The predicted octanol–water partition coefficient (Wildman–Crippen LogP) is 2.12. The minimum Gasteiger partial charge on any atom is -0.497 e. The average Bonchev–Trinajstić information content (AvgIpc) is 2.45. The molecule has 0 radical (unpaired) electrons. The van der Waals surface area contributed by atoms with Gasteiger partial charge in [-0.3, -0.25) is 0 Å². The summed E-state index contributed by atoms with van der Waals surface area (Å²) in [6.45, 7) is 2.82. The minimum atomic E-state index is 0.536. The molecule has 4 heteroatoms. The molecule has 0 aliphatic carbocycles. The summed E-state index contributed by atoms with van der Waals surface area (Å²) in [6.07, 6.45) is 4.71. The first-order chi connectivity index (χ1) is 8.85. The fourth-order valence-electron chi connectivity index (χ4n) is 2.50. The highest BCUT2D eigenvalue weighted by atomic mass is 16.6. The smallest absolute Gasteiger partial charge is 0.119 e. The Labute approximate surface area is 109 Å². The number of benzene rings is 1. The van der Waals surface area contributed by atoms with Crippen molar-refractivity contribution in [3.63, 3.8) is 0 Å². The van der Waals surface area contributed by atoms with Gasteiger partial charge in [-0.1, -0.05) is 0 Å². The molecule has 0 aromatic heterocycles. The molecule has 1 aliphatic rings. The summed E-state index contributed by atoms with van der Waals surface area (Å²) in [5.41, 5.74) is 2.55. The summed E-state index contributed by atoms with van der Waals surface area (Å²) in [5, 5.41) is 0. The third-order valence-electron chi connectivity index (χ3n) is 3.47. The van der Waals surface area contributed by atoms with Gasteiger partial charge in [0.25, 0.3) is 0 Å². The van der Waals surface area contributed by atoms with Crippen LogP contribution in [0.1, 0.15) is 24.8 Å². The molecule has 18 heavy (non-hydrogen) atoms. The highest BCUT2D eigenvalue weighted by Gasteiger charge is 2.14. The molecular weight excluding hydrogens is 228 g/mol. The summed E-state index contributed by atoms with van der Waals surface area (Å²) in [5.74, 6) is 6.02. The molecule has 0 spiro atoms. The zero-order chi connectivity index (χ0) is 12.8. The van der Waals surface area contributed by atoms with Gasteiger partial charge in [0.2, 0.25) is 0 Å². The van der Waals surface area contributed by atoms with Gasteiger partial charge in [-0.05, 0) is 49.4 Å². The molecule has 100 valence electrons. The molecule has 4 nitrogen and oxygen atoms in total. The Morgan fingerprint density at radius 3 is 2.67 bits per heavy atom. The van der Waals surface area contributed by atoms with Gasteiger partial charge < -0.3 is 14.5 Å². The summed E-state index contributed by atoms with van der Waals surface area (Å²) in [6, 6.07) is 6.26. The number of piperidine rings is 1. The molecule has 1 heterocycles. The molecule has 1 aromatic carbocycles. The quantitative estimate of drug-likeness (QED) is 0.813. The van der Waals surface area contributed by atoms with Crippen LogP contribution in [0.4, 0.5) is 5.69 Å². The van der Waals surface area contributed by atoms with E-state index in [-0.39, 0.29) is 0 Å². The molecule has 1 aliphatic heterocycles. The summed E-state index contributed by atoms with van der Waals surface area (Å²) in [4.78, 5) is 7.16. The maximum Gasteiger partial charge on any atom is 0.119 e. The zero-order valence-corrected chi connectivity index (χ0v) is 11.0. The molecule has 0 bridgehead atoms. The van der Waals surface area contributed by atoms with E-state index in [2.05, 4.69) is 17.0 Å². The lowest BCUT2D eigenvalue weighted by Gasteiger charge is -2.30. The van der Waals surface area contributed by atoms with Crippen LogP contribution >= 0.6 is 0 Å². The number of hydrogen-bond donors (Lipinski definition) is 1. The lowest BCUT2D eigenvalue weighted by atomic mass is 10.0. The Morgan fingerprint density at radius 1 is 1.22 bits per heavy atom. The predicted molar refractivity (Wildman–Crippen MR) is 72.9 cm³/mol. The third-order valence-corrected chi connectivity index (χ3v) is 3.47. The Bertz CT molecular complexity index is 376. The summed E-state index contributed by atoms with van der Waals surface area (Å²) >= 11 is 0. The summed E-state index contributed by atoms with van der Waals surface area (Å²) < 4.78 is 5.29. The van der Waals surface area contributed by atoms with Gasteiger partial charge in [0.15, 0.2) is 0 Å². The number of hydrogen-bond acceptors (Lipinski definition) is 4. The first kappa shape index (κ1) is 13.2. The number of rotatable bonds is 5. The highest BCUT2D eigenvalue weighted by molar-refractivity contribution is 5.56. The van der Waals surface area contributed by atoms with Gasteiger partial charge in [-0.25, -0.2) is 5.90 Å². The van der Waals surface area contributed by atoms with Crippen molar-refractivity contribution in [1.29, 1.82) is 0 Å². The van der Waals surface area contributed by atoms with Gasteiger partial charge in [-0.2, -0.15) is 0 Å². The van der Waals surface area contributed by atoms with Gasteiger partial charge in [-0.15, -0.1) is 0 Å². The molecule has 1 fully saturated rings. The van der Waals surface area contributed by atoms with E-state index in [1.165, 1.54) is 30.5 Å². The Kier molecular flexibility index (Phi) is 4.84. The van der Waals surface area contributed by atoms with Crippen LogP contribution in [0.3, 0.4) is 0 Å². The molecule has 0 amide bonds. The van der Waals surface area contributed by atoms with Crippen molar-refractivity contribution in [3.05, 3.63) is 23.8 Å². The van der Waals surface area contributed by atoms with E-state index in [9.17, 15) is 0 Å². The SMILES string of the molecule is COc1ccc(N2CCCCC2)c(CCON)c1. The van der Waals surface area contributed by atoms with Crippen LogP contribution in [-0.4, -0.2) is 26.8 Å². The highest BCUT2D eigenvalue weighted by Crippen LogP contribution is 2.28. The van der Waals surface area contributed by atoms with E-state index in [0.29, 0.717) is 6.61 Å². The van der Waals surface area contributed by atoms with Crippen molar-refractivity contribution in [1.82, 2.24) is 0 Å². The molecule has 2 N–H and O–H groups in total. The van der Waals surface area contributed by atoms with Crippen LogP contribution < -0.4 is 15.5 Å². The first-order valence-corrected chi connectivity index (χ1v) is 6.58. The van der Waals surface area contributed by atoms with Crippen LogP contribution in [0, 0.1) is 0 Å². The van der Waals surface area contributed by atoms with Crippen molar-refractivity contribution in [2.75, 3.05) is 31.7 Å². The molecule has 0 atom stereocenters. The van der Waals surface area contributed by atoms with Crippen molar-refractivity contribution >= 4 is 5.69 Å². The lowest BCUT2D eigenvalue weighted by Crippen LogP contribution is -2.30. The normalized spacial score (nSPS) is 15.8. The second kappa shape index (κ2) is 6.61. The first-order valence-electron chi connectivity index (χ1n) is 6.58. The monoisotopic (exact) mass is 250 g/mol. The number of nitrogens with zero attached hydrogens (tertiary/aromatic N) is 1. The largest absolute Gasteiger partial charge is 0.497 e. The third kappa shape index (κ3) is 3.15. The Morgan fingerprint density at radius 2 is 2.00 bits per heavy atom. The van der Waals surface area contributed by atoms with Crippen molar-refractivity contribution in [2.45, 2.75) is 25.7 Å². The van der Waals surface area contributed by atoms with Gasteiger partial charge in [0.1, 0.15) is 5.75 Å². The van der Waals surface area contributed by atoms with E-state index in [0.717, 1.165) is 25.3 Å². The fourth-order valence-corrected chi connectivity index (χ4v) is 2.50. The van der Waals surface area contributed by atoms with E-state index >= 15 is 0 Å². The molecule has 0 saturated carbocycles. The zero-order valence-electron chi connectivity index (χ0n) is 11.0. The fraction of sp³-hybridized carbons (Fsp3) is 0.571. The Hall–Kier alpha value is -1.26. The maximum absolute atomic E-state index is 5.29. The van der Waals surface area contributed by atoms with Crippen LogP contribution in [0.15, 0.2) is 18.2 Å². The van der Waals surface area contributed by atoms with Crippen molar-refractivity contribution in [3.8, 4) is 5.75 Å². The number of nitrogens with two attached hydrogens (primary N) is 1. The number of methoxy groups -OCH3 is 1. The standard InChI is InChI=1S/C14H22N2O2/c1-17-13-5-6-14(12(11-13)7-10-18-15)16-8-3-2-4-9-16/h5-6,11H,2-4,7-10,15H2,1H3. The number of ether oxygens (including phenoxy) is 1. The molecule has 1 aromatic rings.